The van der Waals surface area contributed by atoms with Crippen molar-refractivity contribution in [3.05, 3.63) is 0 Å². The van der Waals surface area contributed by atoms with Gasteiger partial charge in [-0.2, -0.15) is 0 Å². The van der Waals surface area contributed by atoms with Gasteiger partial charge >= 0.3 is 0 Å². The SMILES string of the molecule is C#CCC1(NC)CCNC1. The van der Waals surface area contributed by atoms with Gasteiger partial charge in [0.15, 0.2) is 0 Å². The third kappa shape index (κ3) is 1.31. The largest absolute Gasteiger partial charge is 0.315 e. The van der Waals surface area contributed by atoms with E-state index in [2.05, 4.69) is 16.6 Å². The summed E-state index contributed by atoms with van der Waals surface area (Å²) in [6, 6.07) is 0. The number of nitrogens with one attached hydrogen (secondary N) is 2. The van der Waals surface area contributed by atoms with Crippen LogP contribution in [0.3, 0.4) is 0 Å². The van der Waals surface area contributed by atoms with Gasteiger partial charge < -0.3 is 10.6 Å². The van der Waals surface area contributed by atoms with Crippen LogP contribution in [0, 0.1) is 12.3 Å². The molecule has 0 spiro atoms. The van der Waals surface area contributed by atoms with Crippen molar-refractivity contribution in [3.63, 3.8) is 0 Å². The number of hydrogen-bond acceptors (Lipinski definition) is 2. The summed E-state index contributed by atoms with van der Waals surface area (Å²) in [5, 5.41) is 6.56. The second-order valence-electron chi connectivity index (χ2n) is 2.84. The van der Waals surface area contributed by atoms with E-state index in [0.717, 1.165) is 25.9 Å². The van der Waals surface area contributed by atoms with Crippen LogP contribution in [0.4, 0.5) is 0 Å². The molecule has 1 heterocycles. The summed E-state index contributed by atoms with van der Waals surface area (Å²) in [6.45, 7) is 2.09. The molecule has 1 aliphatic rings. The molecule has 1 aliphatic heterocycles. The molecule has 0 aromatic carbocycles. The Morgan fingerprint density at radius 3 is 3.00 bits per heavy atom. The van der Waals surface area contributed by atoms with Crippen LogP contribution in [-0.2, 0) is 0 Å². The van der Waals surface area contributed by atoms with Crippen LogP contribution < -0.4 is 10.6 Å². The molecule has 0 aromatic heterocycles. The fraction of sp³-hybridized carbons (Fsp3) is 0.750. The third-order valence-electron chi connectivity index (χ3n) is 2.21. The lowest BCUT2D eigenvalue weighted by molar-refractivity contribution is 0.393. The fourth-order valence-electron chi connectivity index (χ4n) is 1.39. The molecule has 1 saturated heterocycles. The van der Waals surface area contributed by atoms with Gasteiger partial charge in [0.1, 0.15) is 0 Å². The van der Waals surface area contributed by atoms with Crippen LogP contribution >= 0.6 is 0 Å². The molecular weight excluding hydrogens is 124 g/mol. The van der Waals surface area contributed by atoms with Crippen molar-refractivity contribution in [2.45, 2.75) is 18.4 Å². The predicted octanol–water partition coefficient (Wildman–Crippen LogP) is -0.0388. The van der Waals surface area contributed by atoms with E-state index in [1.165, 1.54) is 0 Å². The molecule has 0 saturated carbocycles. The summed E-state index contributed by atoms with van der Waals surface area (Å²) in [7, 11) is 1.98. The summed E-state index contributed by atoms with van der Waals surface area (Å²) in [5.41, 5.74) is 0.189. The quantitative estimate of drug-likeness (QED) is 0.523. The van der Waals surface area contributed by atoms with Gasteiger partial charge in [0.2, 0.25) is 0 Å². The van der Waals surface area contributed by atoms with Gasteiger partial charge in [-0.1, -0.05) is 0 Å². The zero-order valence-electron chi connectivity index (χ0n) is 6.41. The first-order valence-electron chi connectivity index (χ1n) is 3.66. The molecule has 0 radical (unpaired) electrons. The lowest BCUT2D eigenvalue weighted by atomic mass is 9.95. The lowest BCUT2D eigenvalue weighted by Gasteiger charge is -2.24. The maximum absolute atomic E-state index is 5.25. The molecule has 56 valence electrons. The lowest BCUT2D eigenvalue weighted by Crippen LogP contribution is -2.44. The van der Waals surface area contributed by atoms with Crippen molar-refractivity contribution >= 4 is 0 Å². The maximum Gasteiger partial charge on any atom is 0.0426 e. The normalized spacial score (nSPS) is 32.0. The number of terminal acetylenes is 1. The Morgan fingerprint density at radius 2 is 2.60 bits per heavy atom. The van der Waals surface area contributed by atoms with Gasteiger partial charge in [-0.05, 0) is 20.0 Å². The monoisotopic (exact) mass is 138 g/mol. The zero-order valence-corrected chi connectivity index (χ0v) is 6.41. The van der Waals surface area contributed by atoms with Crippen LogP contribution in [0.2, 0.25) is 0 Å². The molecule has 0 aromatic rings. The Kier molecular flexibility index (Phi) is 2.31. The molecule has 1 atom stereocenters. The zero-order chi connectivity index (χ0) is 7.45. The highest BCUT2D eigenvalue weighted by Gasteiger charge is 2.30. The first-order valence-corrected chi connectivity index (χ1v) is 3.66. The number of likely N-dealkylation sites (N-methyl/N-ethyl adjacent to an activating group) is 1. The van der Waals surface area contributed by atoms with Crippen molar-refractivity contribution < 1.29 is 0 Å². The van der Waals surface area contributed by atoms with Crippen LogP contribution in [0.1, 0.15) is 12.8 Å². The van der Waals surface area contributed by atoms with E-state index in [1.54, 1.807) is 0 Å². The molecule has 0 bridgehead atoms. The van der Waals surface area contributed by atoms with Crippen LogP contribution in [0.5, 0.6) is 0 Å². The van der Waals surface area contributed by atoms with E-state index in [1.807, 2.05) is 7.05 Å². The summed E-state index contributed by atoms with van der Waals surface area (Å²) < 4.78 is 0. The average molecular weight is 138 g/mol. The Balaban J connectivity index is 2.51. The van der Waals surface area contributed by atoms with Crippen LogP contribution in [0.25, 0.3) is 0 Å². The van der Waals surface area contributed by atoms with Crippen LogP contribution in [-0.4, -0.2) is 25.7 Å². The molecule has 1 fully saturated rings. The minimum Gasteiger partial charge on any atom is -0.315 e. The first-order chi connectivity index (χ1) is 4.83. The van der Waals surface area contributed by atoms with E-state index in [0.29, 0.717) is 0 Å². The summed E-state index contributed by atoms with van der Waals surface area (Å²) in [4.78, 5) is 0. The fourth-order valence-corrected chi connectivity index (χ4v) is 1.39. The van der Waals surface area contributed by atoms with Gasteiger partial charge in [-0.3, -0.25) is 0 Å². The topological polar surface area (TPSA) is 24.1 Å². The average Bonchev–Trinajstić information content (AvgIpc) is 2.39. The Bertz CT molecular complexity index is 140. The molecule has 0 aliphatic carbocycles. The van der Waals surface area contributed by atoms with E-state index >= 15 is 0 Å². The summed E-state index contributed by atoms with van der Waals surface area (Å²) in [6.07, 6.45) is 7.23. The number of rotatable bonds is 2. The molecule has 2 nitrogen and oxygen atoms in total. The predicted molar refractivity (Wildman–Crippen MR) is 42.7 cm³/mol. The molecule has 1 unspecified atom stereocenters. The second-order valence-corrected chi connectivity index (χ2v) is 2.84. The van der Waals surface area contributed by atoms with Gasteiger partial charge in [-0.15, -0.1) is 12.3 Å². The highest BCUT2D eigenvalue weighted by atomic mass is 15.1. The highest BCUT2D eigenvalue weighted by Crippen LogP contribution is 2.17. The van der Waals surface area contributed by atoms with E-state index in [9.17, 15) is 0 Å². The highest BCUT2D eigenvalue weighted by molar-refractivity contribution is 5.03. The van der Waals surface area contributed by atoms with Crippen molar-refractivity contribution in [2.24, 2.45) is 0 Å². The molecule has 1 rings (SSSR count). The van der Waals surface area contributed by atoms with E-state index in [-0.39, 0.29) is 5.54 Å². The second kappa shape index (κ2) is 3.05. The van der Waals surface area contributed by atoms with E-state index in [4.69, 9.17) is 6.42 Å². The smallest absolute Gasteiger partial charge is 0.0426 e. The van der Waals surface area contributed by atoms with Gasteiger partial charge in [0, 0.05) is 18.5 Å². The van der Waals surface area contributed by atoms with Crippen molar-refractivity contribution in [1.29, 1.82) is 0 Å². The van der Waals surface area contributed by atoms with Crippen molar-refractivity contribution in [2.75, 3.05) is 20.1 Å². The Morgan fingerprint density at radius 1 is 1.80 bits per heavy atom. The van der Waals surface area contributed by atoms with Gasteiger partial charge in [0.25, 0.3) is 0 Å². The van der Waals surface area contributed by atoms with Gasteiger partial charge in [-0.25, -0.2) is 0 Å². The minimum absolute atomic E-state index is 0.189. The van der Waals surface area contributed by atoms with Gasteiger partial charge in [0.05, 0.1) is 0 Å². The molecular formula is C8H14N2. The van der Waals surface area contributed by atoms with Crippen LogP contribution in [0.15, 0.2) is 0 Å². The molecule has 0 amide bonds. The molecule has 2 heteroatoms. The third-order valence-corrected chi connectivity index (χ3v) is 2.21. The minimum atomic E-state index is 0.189. The summed E-state index contributed by atoms with van der Waals surface area (Å²) >= 11 is 0. The van der Waals surface area contributed by atoms with Crippen molar-refractivity contribution in [1.82, 2.24) is 10.6 Å². The molecule has 2 N–H and O–H groups in total. The molecule has 10 heavy (non-hydrogen) atoms. The Hall–Kier alpha value is -0.520. The number of hydrogen-bond donors (Lipinski definition) is 2. The standard InChI is InChI=1S/C8H14N2/c1-3-4-8(9-2)5-6-10-7-8/h1,9-10H,4-7H2,2H3. The van der Waals surface area contributed by atoms with Crippen molar-refractivity contribution in [3.8, 4) is 12.3 Å². The summed E-state index contributed by atoms with van der Waals surface area (Å²) in [5.74, 6) is 2.70. The first kappa shape index (κ1) is 7.59. The van der Waals surface area contributed by atoms with E-state index < -0.39 is 0 Å². The Labute approximate surface area is 62.4 Å². The maximum atomic E-state index is 5.25.